The van der Waals surface area contributed by atoms with Crippen LogP contribution in [0.2, 0.25) is 0 Å². The van der Waals surface area contributed by atoms with Crippen molar-refractivity contribution in [2.45, 2.75) is 6.42 Å². The minimum absolute atomic E-state index is 0.0804. The molecule has 1 amide bonds. The monoisotopic (exact) mass is 230 g/mol. The molecule has 1 aliphatic rings. The minimum Gasteiger partial charge on any atom is -0.371 e. The summed E-state index contributed by atoms with van der Waals surface area (Å²) < 4.78 is 0. The lowest BCUT2D eigenvalue weighted by atomic mass is 10.1. The molecule has 0 aromatic heterocycles. The second-order valence-electron chi connectivity index (χ2n) is 4.39. The van der Waals surface area contributed by atoms with E-state index in [1.807, 2.05) is 6.07 Å². The molecule has 1 aromatic rings. The van der Waals surface area contributed by atoms with E-state index < -0.39 is 0 Å². The molecule has 0 bridgehead atoms. The van der Waals surface area contributed by atoms with Crippen LogP contribution in [0.15, 0.2) is 43.0 Å². The molecule has 1 atom stereocenters. The van der Waals surface area contributed by atoms with Gasteiger partial charge in [-0.05, 0) is 30.5 Å². The van der Waals surface area contributed by atoms with Crippen LogP contribution in [0.3, 0.4) is 0 Å². The second-order valence-corrected chi connectivity index (χ2v) is 4.39. The summed E-state index contributed by atoms with van der Waals surface area (Å²) in [5.74, 6) is 0.460. The zero-order valence-electron chi connectivity index (χ0n) is 9.93. The van der Waals surface area contributed by atoms with Gasteiger partial charge in [0.2, 0.25) is 5.91 Å². The fourth-order valence-electron chi connectivity index (χ4n) is 2.19. The van der Waals surface area contributed by atoms with Gasteiger partial charge in [-0.3, -0.25) is 4.79 Å². The van der Waals surface area contributed by atoms with E-state index >= 15 is 0 Å². The Kier molecular flexibility index (Phi) is 3.81. The van der Waals surface area contributed by atoms with Crippen LogP contribution in [0.25, 0.3) is 0 Å². The number of amides is 1. The lowest BCUT2D eigenvalue weighted by Crippen LogP contribution is -2.29. The molecule has 0 radical (unpaired) electrons. The number of hydrogen-bond acceptors (Lipinski definition) is 2. The van der Waals surface area contributed by atoms with Gasteiger partial charge in [-0.25, -0.2) is 0 Å². The molecule has 3 nitrogen and oxygen atoms in total. The predicted octanol–water partition coefficient (Wildman–Crippen LogP) is 1.82. The standard InChI is InChI=1S/C14H18N2O/c1-2-14(17)15-10-12-8-9-16(11-12)13-6-4-3-5-7-13/h2-7,12H,1,8-11H2,(H,15,17). The first-order valence-electron chi connectivity index (χ1n) is 6.00. The molecule has 2 rings (SSSR count). The van der Waals surface area contributed by atoms with Gasteiger partial charge in [0.25, 0.3) is 0 Å². The number of para-hydroxylation sites is 1. The molecule has 3 heteroatoms. The predicted molar refractivity (Wildman–Crippen MR) is 70.0 cm³/mol. The molecule has 0 aliphatic carbocycles. The van der Waals surface area contributed by atoms with Crippen molar-refractivity contribution in [3.05, 3.63) is 43.0 Å². The lowest BCUT2D eigenvalue weighted by Gasteiger charge is -2.18. The maximum Gasteiger partial charge on any atom is 0.243 e. The Hall–Kier alpha value is -1.77. The molecule has 1 N–H and O–H groups in total. The van der Waals surface area contributed by atoms with Crippen LogP contribution >= 0.6 is 0 Å². The minimum atomic E-state index is -0.0804. The smallest absolute Gasteiger partial charge is 0.243 e. The third-order valence-corrected chi connectivity index (χ3v) is 3.16. The van der Waals surface area contributed by atoms with Crippen molar-refractivity contribution < 1.29 is 4.79 Å². The summed E-state index contributed by atoms with van der Waals surface area (Å²) >= 11 is 0. The Morgan fingerprint density at radius 1 is 1.47 bits per heavy atom. The average Bonchev–Trinajstić information content (AvgIpc) is 2.86. The summed E-state index contributed by atoms with van der Waals surface area (Å²) in [6.45, 7) is 6.27. The summed E-state index contributed by atoms with van der Waals surface area (Å²) in [7, 11) is 0. The van der Waals surface area contributed by atoms with Gasteiger partial charge in [-0.2, -0.15) is 0 Å². The highest BCUT2D eigenvalue weighted by atomic mass is 16.1. The highest BCUT2D eigenvalue weighted by Crippen LogP contribution is 2.22. The molecule has 90 valence electrons. The number of nitrogens with zero attached hydrogens (tertiary/aromatic N) is 1. The van der Waals surface area contributed by atoms with Gasteiger partial charge in [0, 0.05) is 25.3 Å². The van der Waals surface area contributed by atoms with Gasteiger partial charge in [0.15, 0.2) is 0 Å². The van der Waals surface area contributed by atoms with Crippen LogP contribution in [-0.4, -0.2) is 25.5 Å². The van der Waals surface area contributed by atoms with Crippen molar-refractivity contribution in [3.8, 4) is 0 Å². The maximum absolute atomic E-state index is 11.1. The summed E-state index contributed by atoms with van der Waals surface area (Å²) in [4.78, 5) is 13.4. The summed E-state index contributed by atoms with van der Waals surface area (Å²) in [6.07, 6.45) is 2.45. The Labute approximate surface area is 102 Å². The normalized spacial score (nSPS) is 19.1. The quantitative estimate of drug-likeness (QED) is 0.800. The van der Waals surface area contributed by atoms with E-state index in [4.69, 9.17) is 0 Å². The summed E-state index contributed by atoms with van der Waals surface area (Å²) in [5, 5.41) is 2.86. The van der Waals surface area contributed by atoms with Crippen LogP contribution in [0.1, 0.15) is 6.42 Å². The number of anilines is 1. The first-order valence-corrected chi connectivity index (χ1v) is 6.00. The second kappa shape index (κ2) is 5.53. The van der Waals surface area contributed by atoms with Crippen LogP contribution in [-0.2, 0) is 4.79 Å². The van der Waals surface area contributed by atoms with E-state index in [1.54, 1.807) is 0 Å². The maximum atomic E-state index is 11.1. The number of carbonyl (C=O) groups is 1. The number of nitrogens with one attached hydrogen (secondary N) is 1. The molecule has 1 aromatic carbocycles. The topological polar surface area (TPSA) is 32.3 Å². The van der Waals surface area contributed by atoms with E-state index in [1.165, 1.54) is 11.8 Å². The first kappa shape index (κ1) is 11.7. The van der Waals surface area contributed by atoms with Crippen molar-refractivity contribution in [2.24, 2.45) is 5.92 Å². The third-order valence-electron chi connectivity index (χ3n) is 3.16. The number of carbonyl (C=O) groups excluding carboxylic acids is 1. The van der Waals surface area contributed by atoms with Crippen molar-refractivity contribution >= 4 is 11.6 Å². The Balaban J connectivity index is 1.84. The van der Waals surface area contributed by atoms with Gasteiger partial charge in [-0.1, -0.05) is 24.8 Å². The zero-order valence-corrected chi connectivity index (χ0v) is 9.93. The molecule has 1 heterocycles. The molecule has 1 unspecified atom stereocenters. The molecule has 0 spiro atoms. The summed E-state index contributed by atoms with van der Waals surface area (Å²) in [6, 6.07) is 10.4. The van der Waals surface area contributed by atoms with Crippen LogP contribution in [0.5, 0.6) is 0 Å². The average molecular weight is 230 g/mol. The summed E-state index contributed by atoms with van der Waals surface area (Å²) in [5.41, 5.74) is 1.27. The molecule has 0 saturated carbocycles. The Morgan fingerprint density at radius 2 is 2.24 bits per heavy atom. The fraction of sp³-hybridized carbons (Fsp3) is 0.357. The van der Waals surface area contributed by atoms with Crippen molar-refractivity contribution in [3.63, 3.8) is 0 Å². The van der Waals surface area contributed by atoms with E-state index in [2.05, 4.69) is 41.1 Å². The van der Waals surface area contributed by atoms with E-state index in [0.29, 0.717) is 5.92 Å². The highest BCUT2D eigenvalue weighted by molar-refractivity contribution is 5.86. The highest BCUT2D eigenvalue weighted by Gasteiger charge is 2.22. The van der Waals surface area contributed by atoms with Gasteiger partial charge in [0.05, 0.1) is 0 Å². The van der Waals surface area contributed by atoms with Crippen molar-refractivity contribution in [1.82, 2.24) is 5.32 Å². The molecular formula is C14H18N2O. The Morgan fingerprint density at radius 3 is 2.94 bits per heavy atom. The molecule has 1 fully saturated rings. The molecule has 1 saturated heterocycles. The van der Waals surface area contributed by atoms with E-state index in [9.17, 15) is 4.79 Å². The number of benzene rings is 1. The van der Waals surface area contributed by atoms with Crippen LogP contribution in [0, 0.1) is 5.92 Å². The van der Waals surface area contributed by atoms with Gasteiger partial charge in [0.1, 0.15) is 0 Å². The largest absolute Gasteiger partial charge is 0.371 e. The van der Waals surface area contributed by atoms with E-state index in [-0.39, 0.29) is 5.91 Å². The number of hydrogen-bond donors (Lipinski definition) is 1. The van der Waals surface area contributed by atoms with Gasteiger partial charge >= 0.3 is 0 Å². The van der Waals surface area contributed by atoms with Crippen molar-refractivity contribution in [1.29, 1.82) is 0 Å². The SMILES string of the molecule is C=CC(=O)NCC1CCN(c2ccccc2)C1. The molecule has 17 heavy (non-hydrogen) atoms. The van der Waals surface area contributed by atoms with E-state index in [0.717, 1.165) is 26.1 Å². The van der Waals surface area contributed by atoms with Crippen LogP contribution < -0.4 is 10.2 Å². The lowest BCUT2D eigenvalue weighted by molar-refractivity contribution is -0.116. The zero-order chi connectivity index (χ0) is 12.1. The molecular weight excluding hydrogens is 212 g/mol. The number of rotatable bonds is 4. The van der Waals surface area contributed by atoms with Gasteiger partial charge in [-0.15, -0.1) is 0 Å². The van der Waals surface area contributed by atoms with Gasteiger partial charge < -0.3 is 10.2 Å². The third kappa shape index (κ3) is 3.09. The van der Waals surface area contributed by atoms with Crippen molar-refractivity contribution in [2.75, 3.05) is 24.5 Å². The fourth-order valence-corrected chi connectivity index (χ4v) is 2.19. The first-order chi connectivity index (χ1) is 8.29. The Bertz CT molecular complexity index is 388. The molecule has 1 aliphatic heterocycles. The van der Waals surface area contributed by atoms with Crippen LogP contribution in [0.4, 0.5) is 5.69 Å².